The molecule has 1 atom stereocenters. The molecule has 0 aromatic heterocycles. The topological polar surface area (TPSA) is 32.3 Å². The molecule has 1 amide bonds. The fourth-order valence-corrected chi connectivity index (χ4v) is 4.64. The number of likely N-dealkylation sites (N-methyl/N-ethyl adjacent to an activating group) is 1. The van der Waals surface area contributed by atoms with E-state index in [4.69, 9.17) is 0 Å². The fraction of sp³-hybridized carbons (Fsp3) is 0.938. The van der Waals surface area contributed by atoms with Crippen LogP contribution in [0.25, 0.3) is 0 Å². The van der Waals surface area contributed by atoms with Gasteiger partial charge in [0.1, 0.15) is 0 Å². The third-order valence-corrected chi connectivity index (χ3v) is 5.89. The molecule has 0 aromatic carbocycles. The summed E-state index contributed by atoms with van der Waals surface area (Å²) in [6.45, 7) is 5.60. The van der Waals surface area contributed by atoms with Gasteiger partial charge in [0.15, 0.2) is 0 Å². The van der Waals surface area contributed by atoms with Gasteiger partial charge in [-0.1, -0.05) is 13.8 Å². The van der Waals surface area contributed by atoms with Crippen molar-refractivity contribution in [3.63, 3.8) is 0 Å². The molecule has 1 heterocycles. The summed E-state index contributed by atoms with van der Waals surface area (Å²) in [4.78, 5) is 15.2. The van der Waals surface area contributed by atoms with Gasteiger partial charge in [-0.2, -0.15) is 0 Å². The van der Waals surface area contributed by atoms with Crippen molar-refractivity contribution in [2.45, 2.75) is 70.4 Å². The summed E-state index contributed by atoms with van der Waals surface area (Å²) in [5.74, 6) is 1.27. The zero-order chi connectivity index (χ0) is 13.7. The maximum Gasteiger partial charge on any atom is 0.240 e. The van der Waals surface area contributed by atoms with E-state index in [1.807, 2.05) is 7.05 Å². The number of hydrogen-bond donors (Lipinski definition) is 1. The van der Waals surface area contributed by atoms with E-state index >= 15 is 0 Å². The molecule has 3 nitrogen and oxygen atoms in total. The number of hydrogen-bond acceptors (Lipinski definition) is 2. The Morgan fingerprint density at radius 3 is 2.37 bits per heavy atom. The second-order valence-corrected chi connectivity index (χ2v) is 7.84. The van der Waals surface area contributed by atoms with Gasteiger partial charge in [-0.05, 0) is 63.3 Å². The van der Waals surface area contributed by atoms with Gasteiger partial charge in [0.05, 0.1) is 6.04 Å². The lowest BCUT2D eigenvalue weighted by atomic mass is 9.85. The lowest BCUT2D eigenvalue weighted by Gasteiger charge is -2.43. The normalized spacial score (nSPS) is 41.6. The van der Waals surface area contributed by atoms with Crippen LogP contribution in [0.1, 0.15) is 58.8 Å². The predicted molar refractivity (Wildman–Crippen MR) is 76.9 cm³/mol. The van der Waals surface area contributed by atoms with Gasteiger partial charge in [-0.15, -0.1) is 0 Å². The van der Waals surface area contributed by atoms with Crippen molar-refractivity contribution in [1.29, 1.82) is 0 Å². The molecule has 0 aromatic rings. The van der Waals surface area contributed by atoms with E-state index in [9.17, 15) is 4.79 Å². The van der Waals surface area contributed by atoms with Crippen LogP contribution in [0, 0.1) is 11.3 Å². The Labute approximate surface area is 117 Å². The van der Waals surface area contributed by atoms with E-state index in [1.54, 1.807) is 0 Å². The predicted octanol–water partition coefficient (Wildman–Crippen LogP) is 2.56. The summed E-state index contributed by atoms with van der Waals surface area (Å²) in [7, 11) is 1.93. The first-order valence-electron chi connectivity index (χ1n) is 7.95. The number of fused-ring (bicyclic) bond motifs is 2. The monoisotopic (exact) mass is 264 g/mol. The van der Waals surface area contributed by atoms with Crippen molar-refractivity contribution in [1.82, 2.24) is 10.2 Å². The first-order valence-corrected chi connectivity index (χ1v) is 7.95. The van der Waals surface area contributed by atoms with Crippen LogP contribution < -0.4 is 5.32 Å². The van der Waals surface area contributed by atoms with Gasteiger partial charge < -0.3 is 10.2 Å². The Balaban J connectivity index is 1.90. The Kier molecular flexibility index (Phi) is 3.16. The molecular weight excluding hydrogens is 236 g/mol. The minimum atomic E-state index is 0.0378. The molecular formula is C16H28N2O. The van der Waals surface area contributed by atoms with Crippen LogP contribution in [0.2, 0.25) is 0 Å². The van der Waals surface area contributed by atoms with Crippen LogP contribution in [-0.2, 0) is 4.79 Å². The molecule has 1 N–H and O–H groups in total. The number of rotatable bonds is 2. The third-order valence-electron chi connectivity index (χ3n) is 5.89. The summed E-state index contributed by atoms with van der Waals surface area (Å²) in [6.07, 6.45) is 8.57. The van der Waals surface area contributed by atoms with Gasteiger partial charge in [-0.25, -0.2) is 0 Å². The average Bonchev–Trinajstić information content (AvgIpc) is 2.94. The van der Waals surface area contributed by atoms with Gasteiger partial charge in [0.25, 0.3) is 0 Å². The zero-order valence-electron chi connectivity index (χ0n) is 12.7. The summed E-state index contributed by atoms with van der Waals surface area (Å²) in [6, 6.07) is 0.0378. The summed E-state index contributed by atoms with van der Waals surface area (Å²) in [5, 5.41) is 3.25. The molecule has 1 aliphatic heterocycles. The molecule has 2 saturated carbocycles. The molecule has 1 unspecified atom stereocenters. The molecule has 19 heavy (non-hydrogen) atoms. The highest BCUT2D eigenvalue weighted by Crippen LogP contribution is 2.52. The number of nitrogens with zero attached hydrogens (tertiary/aromatic N) is 1. The molecule has 3 fully saturated rings. The third kappa shape index (κ3) is 2.20. The van der Waals surface area contributed by atoms with Crippen molar-refractivity contribution in [3.8, 4) is 0 Å². The summed E-state index contributed by atoms with van der Waals surface area (Å²) < 4.78 is 0. The van der Waals surface area contributed by atoms with Gasteiger partial charge in [0.2, 0.25) is 5.91 Å². The molecule has 0 radical (unpaired) electrons. The van der Waals surface area contributed by atoms with E-state index in [1.165, 1.54) is 32.1 Å². The lowest BCUT2D eigenvalue weighted by molar-refractivity contribution is -0.140. The lowest BCUT2D eigenvalue weighted by Crippen LogP contribution is -2.55. The van der Waals surface area contributed by atoms with Crippen LogP contribution in [0.5, 0.6) is 0 Å². The molecule has 3 rings (SSSR count). The SMILES string of the molecule is CNC1CCC(C)(C)CN(C23CCC(CC2)C3)C1=O. The minimum Gasteiger partial charge on any atom is -0.335 e. The Morgan fingerprint density at radius 1 is 1.16 bits per heavy atom. The zero-order valence-corrected chi connectivity index (χ0v) is 12.7. The number of carbonyl (C=O) groups is 1. The van der Waals surface area contributed by atoms with Crippen molar-refractivity contribution < 1.29 is 4.79 Å². The van der Waals surface area contributed by atoms with Crippen LogP contribution in [0.4, 0.5) is 0 Å². The number of amides is 1. The van der Waals surface area contributed by atoms with Crippen molar-refractivity contribution >= 4 is 5.91 Å². The minimum absolute atomic E-state index is 0.0378. The highest BCUT2D eigenvalue weighted by atomic mass is 16.2. The highest BCUT2D eigenvalue weighted by molar-refractivity contribution is 5.83. The molecule has 2 bridgehead atoms. The van der Waals surface area contributed by atoms with E-state index < -0.39 is 0 Å². The molecule has 2 aliphatic carbocycles. The average molecular weight is 264 g/mol. The first-order chi connectivity index (χ1) is 8.96. The number of carbonyl (C=O) groups excluding carboxylic acids is 1. The number of nitrogens with one attached hydrogen (secondary N) is 1. The van der Waals surface area contributed by atoms with Crippen LogP contribution in [0.3, 0.4) is 0 Å². The quantitative estimate of drug-likeness (QED) is 0.831. The van der Waals surface area contributed by atoms with Gasteiger partial charge in [-0.3, -0.25) is 4.79 Å². The van der Waals surface area contributed by atoms with Crippen molar-refractivity contribution in [2.75, 3.05) is 13.6 Å². The molecule has 3 aliphatic rings. The smallest absolute Gasteiger partial charge is 0.240 e. The fourth-order valence-electron chi connectivity index (χ4n) is 4.64. The van der Waals surface area contributed by atoms with Crippen LogP contribution in [0.15, 0.2) is 0 Å². The number of likely N-dealkylation sites (tertiary alicyclic amines) is 1. The second kappa shape index (κ2) is 4.47. The standard InChI is InChI=1S/C16H28N2O/c1-15(2)7-6-13(17-3)14(19)18(11-15)16-8-4-12(10-16)5-9-16/h12-13,17H,4-11H2,1-3H3. The Bertz CT molecular complexity index is 369. The summed E-state index contributed by atoms with van der Waals surface area (Å²) >= 11 is 0. The Hall–Kier alpha value is -0.570. The second-order valence-electron chi connectivity index (χ2n) is 7.84. The van der Waals surface area contributed by atoms with E-state index in [0.717, 1.165) is 25.3 Å². The van der Waals surface area contributed by atoms with Crippen molar-refractivity contribution in [2.24, 2.45) is 11.3 Å². The van der Waals surface area contributed by atoms with Crippen molar-refractivity contribution in [3.05, 3.63) is 0 Å². The highest BCUT2D eigenvalue weighted by Gasteiger charge is 2.52. The van der Waals surface area contributed by atoms with E-state index in [0.29, 0.717) is 5.91 Å². The van der Waals surface area contributed by atoms with Crippen LogP contribution in [-0.4, -0.2) is 36.0 Å². The maximum atomic E-state index is 12.9. The van der Waals surface area contributed by atoms with Crippen LogP contribution >= 0.6 is 0 Å². The van der Waals surface area contributed by atoms with E-state index in [-0.39, 0.29) is 17.0 Å². The first kappa shape index (κ1) is 13.4. The Morgan fingerprint density at radius 2 is 1.84 bits per heavy atom. The maximum absolute atomic E-state index is 12.9. The summed E-state index contributed by atoms with van der Waals surface area (Å²) in [5.41, 5.74) is 0.481. The molecule has 1 saturated heterocycles. The molecule has 108 valence electrons. The molecule has 3 heteroatoms. The molecule has 0 spiro atoms. The van der Waals surface area contributed by atoms with Gasteiger partial charge >= 0.3 is 0 Å². The van der Waals surface area contributed by atoms with Gasteiger partial charge in [0, 0.05) is 12.1 Å². The van der Waals surface area contributed by atoms with E-state index in [2.05, 4.69) is 24.1 Å². The largest absolute Gasteiger partial charge is 0.335 e.